The van der Waals surface area contributed by atoms with Gasteiger partial charge < -0.3 is 0 Å². The summed E-state index contributed by atoms with van der Waals surface area (Å²) < 4.78 is 2.17. The summed E-state index contributed by atoms with van der Waals surface area (Å²) in [7, 11) is 0. The van der Waals surface area contributed by atoms with Gasteiger partial charge in [0.1, 0.15) is 0 Å². The Labute approximate surface area is 91.0 Å². The maximum absolute atomic E-state index is 2.21. The highest BCUT2D eigenvalue weighted by Crippen LogP contribution is 2.10. The van der Waals surface area contributed by atoms with Crippen molar-refractivity contribution in [2.75, 3.05) is 0 Å². The van der Waals surface area contributed by atoms with Gasteiger partial charge in [-0.2, -0.15) is 4.57 Å². The molecule has 0 aliphatic carbocycles. The third-order valence-corrected chi connectivity index (χ3v) is 2.50. The van der Waals surface area contributed by atoms with E-state index in [9.17, 15) is 0 Å². The van der Waals surface area contributed by atoms with Gasteiger partial charge in [0.2, 0.25) is 5.69 Å². The first-order valence-corrected chi connectivity index (χ1v) is 5.46. The van der Waals surface area contributed by atoms with Gasteiger partial charge in [-0.1, -0.05) is 37.6 Å². The smallest absolute Gasteiger partial charge is 0.167 e. The van der Waals surface area contributed by atoms with Crippen molar-refractivity contribution in [2.45, 2.75) is 19.8 Å². The minimum Gasteiger partial charge on any atom is -0.167 e. The SMILES string of the molecule is CCCc1ccccc1-[n+]1ccccc1. The van der Waals surface area contributed by atoms with E-state index >= 15 is 0 Å². The number of benzene rings is 1. The van der Waals surface area contributed by atoms with E-state index in [1.54, 1.807) is 0 Å². The summed E-state index contributed by atoms with van der Waals surface area (Å²) in [6, 6.07) is 14.7. The average molecular weight is 198 g/mol. The Morgan fingerprint density at radius 3 is 2.40 bits per heavy atom. The van der Waals surface area contributed by atoms with Crippen molar-refractivity contribution in [1.82, 2.24) is 0 Å². The van der Waals surface area contributed by atoms with Crippen molar-refractivity contribution in [2.24, 2.45) is 0 Å². The normalized spacial score (nSPS) is 10.2. The summed E-state index contributed by atoms with van der Waals surface area (Å²) in [5.41, 5.74) is 2.70. The van der Waals surface area contributed by atoms with E-state index in [0.717, 1.165) is 6.42 Å². The van der Waals surface area contributed by atoms with Gasteiger partial charge in [0.05, 0.1) is 0 Å². The van der Waals surface area contributed by atoms with Crippen LogP contribution in [-0.2, 0) is 6.42 Å². The Morgan fingerprint density at radius 1 is 0.933 bits per heavy atom. The minimum absolute atomic E-state index is 1.14. The number of aryl methyl sites for hydroxylation is 1. The molecule has 0 aliphatic heterocycles. The van der Waals surface area contributed by atoms with Crippen molar-refractivity contribution < 1.29 is 4.57 Å². The molecule has 1 heteroatoms. The first-order valence-electron chi connectivity index (χ1n) is 5.46. The summed E-state index contributed by atoms with van der Waals surface area (Å²) in [5, 5.41) is 0. The highest BCUT2D eigenvalue weighted by Gasteiger charge is 2.09. The van der Waals surface area contributed by atoms with E-state index in [4.69, 9.17) is 0 Å². The van der Waals surface area contributed by atoms with Crippen molar-refractivity contribution in [3.63, 3.8) is 0 Å². The molecule has 1 nitrogen and oxygen atoms in total. The molecule has 0 fully saturated rings. The largest absolute Gasteiger partial charge is 0.213 e. The molecule has 0 amide bonds. The van der Waals surface area contributed by atoms with E-state index in [-0.39, 0.29) is 0 Å². The third kappa shape index (κ3) is 2.24. The zero-order chi connectivity index (χ0) is 10.5. The number of rotatable bonds is 3. The molecule has 0 N–H and O–H groups in total. The van der Waals surface area contributed by atoms with Crippen LogP contribution in [0.25, 0.3) is 5.69 Å². The van der Waals surface area contributed by atoms with E-state index < -0.39 is 0 Å². The number of nitrogens with zero attached hydrogens (tertiary/aromatic N) is 1. The minimum atomic E-state index is 1.14. The maximum Gasteiger partial charge on any atom is 0.213 e. The molecule has 0 aliphatic rings. The fourth-order valence-electron chi connectivity index (χ4n) is 1.80. The highest BCUT2D eigenvalue weighted by molar-refractivity contribution is 5.33. The Hall–Kier alpha value is -1.63. The molecule has 0 saturated carbocycles. The molecule has 2 rings (SSSR count). The first kappa shape index (κ1) is 9.91. The van der Waals surface area contributed by atoms with Crippen LogP contribution in [0.15, 0.2) is 54.9 Å². The van der Waals surface area contributed by atoms with Crippen LogP contribution in [0.2, 0.25) is 0 Å². The summed E-state index contributed by atoms with van der Waals surface area (Å²) in [6.45, 7) is 2.21. The molecule has 0 bridgehead atoms. The van der Waals surface area contributed by atoms with Crippen LogP contribution in [0, 0.1) is 0 Å². The molecule has 2 aromatic rings. The van der Waals surface area contributed by atoms with E-state index in [1.807, 2.05) is 6.07 Å². The van der Waals surface area contributed by atoms with Crippen molar-refractivity contribution in [3.05, 3.63) is 60.4 Å². The lowest BCUT2D eigenvalue weighted by Crippen LogP contribution is -2.30. The standard InChI is InChI=1S/C14H16N/c1-2-8-13-9-4-5-10-14(13)15-11-6-3-7-12-15/h3-7,9-12H,2,8H2,1H3/q+1. The predicted octanol–water partition coefficient (Wildman–Crippen LogP) is 2.92. The van der Waals surface area contributed by atoms with Gasteiger partial charge in [-0.05, 0) is 6.42 Å². The van der Waals surface area contributed by atoms with E-state index in [1.165, 1.54) is 17.7 Å². The lowest BCUT2D eigenvalue weighted by Gasteiger charge is -2.02. The lowest BCUT2D eigenvalue weighted by molar-refractivity contribution is -0.596. The van der Waals surface area contributed by atoms with Crippen LogP contribution in [-0.4, -0.2) is 0 Å². The van der Waals surface area contributed by atoms with Gasteiger partial charge in [0, 0.05) is 23.8 Å². The van der Waals surface area contributed by atoms with Crippen LogP contribution in [0.5, 0.6) is 0 Å². The Kier molecular flexibility index (Phi) is 3.13. The quantitative estimate of drug-likeness (QED) is 0.668. The number of hydrogen-bond donors (Lipinski definition) is 0. The molecule has 0 radical (unpaired) electrons. The van der Waals surface area contributed by atoms with Gasteiger partial charge in [-0.3, -0.25) is 0 Å². The fraction of sp³-hybridized carbons (Fsp3) is 0.214. The van der Waals surface area contributed by atoms with Crippen molar-refractivity contribution >= 4 is 0 Å². The van der Waals surface area contributed by atoms with Crippen molar-refractivity contribution in [3.8, 4) is 5.69 Å². The molecule has 0 spiro atoms. The van der Waals surface area contributed by atoms with Crippen LogP contribution >= 0.6 is 0 Å². The molecular formula is C14H16N+. The Balaban J connectivity index is 2.43. The molecule has 0 unspecified atom stereocenters. The van der Waals surface area contributed by atoms with Gasteiger partial charge in [-0.25, -0.2) is 0 Å². The van der Waals surface area contributed by atoms with Crippen LogP contribution < -0.4 is 4.57 Å². The first-order chi connectivity index (χ1) is 7.42. The van der Waals surface area contributed by atoms with Gasteiger partial charge in [0.25, 0.3) is 0 Å². The summed E-state index contributed by atoms with van der Waals surface area (Å²) in [6.07, 6.45) is 6.51. The van der Waals surface area contributed by atoms with Gasteiger partial charge in [-0.15, -0.1) is 0 Å². The molecule has 1 aromatic heterocycles. The Bertz CT molecular complexity index is 420. The molecule has 0 saturated heterocycles. The van der Waals surface area contributed by atoms with Gasteiger partial charge >= 0.3 is 0 Å². The summed E-state index contributed by atoms with van der Waals surface area (Å²) >= 11 is 0. The molecule has 15 heavy (non-hydrogen) atoms. The second-order valence-corrected chi connectivity index (χ2v) is 3.66. The van der Waals surface area contributed by atoms with Crippen LogP contribution in [0.1, 0.15) is 18.9 Å². The molecule has 1 heterocycles. The summed E-state index contributed by atoms with van der Waals surface area (Å²) in [5.74, 6) is 0. The molecule has 1 aromatic carbocycles. The zero-order valence-corrected chi connectivity index (χ0v) is 9.06. The number of hydrogen-bond acceptors (Lipinski definition) is 0. The second kappa shape index (κ2) is 4.74. The lowest BCUT2D eigenvalue weighted by atomic mass is 10.1. The average Bonchev–Trinajstić information content (AvgIpc) is 2.31. The van der Waals surface area contributed by atoms with Gasteiger partial charge in [0.15, 0.2) is 12.4 Å². The van der Waals surface area contributed by atoms with Crippen LogP contribution in [0.3, 0.4) is 0 Å². The van der Waals surface area contributed by atoms with E-state index in [0.29, 0.717) is 0 Å². The topological polar surface area (TPSA) is 3.88 Å². The monoisotopic (exact) mass is 198 g/mol. The third-order valence-electron chi connectivity index (χ3n) is 2.50. The number of aromatic nitrogens is 1. The fourth-order valence-corrected chi connectivity index (χ4v) is 1.80. The summed E-state index contributed by atoms with van der Waals surface area (Å²) in [4.78, 5) is 0. The van der Waals surface area contributed by atoms with Crippen LogP contribution in [0.4, 0.5) is 0 Å². The maximum atomic E-state index is 2.21. The molecule has 0 atom stereocenters. The second-order valence-electron chi connectivity index (χ2n) is 3.66. The Morgan fingerprint density at radius 2 is 1.67 bits per heavy atom. The molecule has 76 valence electrons. The highest BCUT2D eigenvalue weighted by atomic mass is 14.9. The number of para-hydroxylation sites is 1. The molecular weight excluding hydrogens is 182 g/mol. The van der Waals surface area contributed by atoms with E-state index in [2.05, 4.69) is 60.3 Å². The predicted molar refractivity (Wildman–Crippen MR) is 62.0 cm³/mol. The van der Waals surface area contributed by atoms with Crippen molar-refractivity contribution in [1.29, 1.82) is 0 Å². The number of pyridine rings is 1. The zero-order valence-electron chi connectivity index (χ0n) is 9.06.